The molecule has 0 aromatic heterocycles. The number of ketones is 1. The van der Waals surface area contributed by atoms with E-state index in [1.54, 1.807) is 19.2 Å². The molecule has 0 unspecified atom stereocenters. The molecule has 0 bridgehead atoms. The van der Waals surface area contributed by atoms with Crippen LogP contribution < -0.4 is 10.1 Å². The molecule has 0 saturated heterocycles. The van der Waals surface area contributed by atoms with E-state index in [1.165, 1.54) is 0 Å². The number of ether oxygens (including phenoxy) is 1. The van der Waals surface area contributed by atoms with Gasteiger partial charge in [0.2, 0.25) is 0 Å². The Kier molecular flexibility index (Phi) is 2.58. The second kappa shape index (κ2) is 3.67. The van der Waals surface area contributed by atoms with Crippen LogP contribution in [-0.4, -0.2) is 18.4 Å². The number of carbonyl (C=O) groups is 1. The van der Waals surface area contributed by atoms with Gasteiger partial charge in [0, 0.05) is 12.0 Å². The number of nitrogens with one attached hydrogen (secondary N) is 1. The Bertz CT molecular complexity index is 455. The first-order valence-corrected chi connectivity index (χ1v) is 5.50. The van der Waals surface area contributed by atoms with Gasteiger partial charge in [-0.15, -0.1) is 0 Å². The molecule has 0 atom stereocenters. The summed E-state index contributed by atoms with van der Waals surface area (Å²) in [6.45, 7) is 3.71. The van der Waals surface area contributed by atoms with Gasteiger partial charge in [-0.2, -0.15) is 0 Å². The van der Waals surface area contributed by atoms with Gasteiger partial charge < -0.3 is 10.1 Å². The molecule has 0 spiro atoms. The molecular formula is C12H14ClNO2. The summed E-state index contributed by atoms with van der Waals surface area (Å²) in [4.78, 5) is 11.9. The molecule has 1 aliphatic heterocycles. The highest BCUT2D eigenvalue weighted by Gasteiger charge is 2.35. The number of carbonyl (C=O) groups excluding carboxylic acids is 1. The Balaban J connectivity index is 2.57. The number of rotatable bonds is 1. The third-order valence-electron chi connectivity index (χ3n) is 2.91. The monoisotopic (exact) mass is 239 g/mol. The Morgan fingerprint density at radius 3 is 2.75 bits per heavy atom. The molecule has 0 amide bonds. The van der Waals surface area contributed by atoms with Crippen LogP contribution in [0.4, 0.5) is 5.69 Å². The largest absolute Gasteiger partial charge is 0.496 e. The predicted molar refractivity (Wildman–Crippen MR) is 64.4 cm³/mol. The fourth-order valence-electron chi connectivity index (χ4n) is 1.87. The highest BCUT2D eigenvalue weighted by atomic mass is 35.5. The molecule has 1 N–H and O–H groups in total. The van der Waals surface area contributed by atoms with Gasteiger partial charge in [-0.1, -0.05) is 11.6 Å². The molecule has 1 aromatic rings. The summed E-state index contributed by atoms with van der Waals surface area (Å²) < 4.78 is 5.23. The summed E-state index contributed by atoms with van der Waals surface area (Å²) >= 11 is 6.12. The third-order valence-corrected chi connectivity index (χ3v) is 3.23. The topological polar surface area (TPSA) is 38.3 Å². The van der Waals surface area contributed by atoms with Crippen molar-refractivity contribution in [1.29, 1.82) is 0 Å². The number of halogens is 1. The molecule has 0 radical (unpaired) electrons. The number of anilines is 1. The van der Waals surface area contributed by atoms with Gasteiger partial charge in [0.25, 0.3) is 0 Å². The summed E-state index contributed by atoms with van der Waals surface area (Å²) in [5.41, 5.74) is 1.09. The van der Waals surface area contributed by atoms with Crippen LogP contribution in [0.5, 0.6) is 5.75 Å². The Morgan fingerprint density at radius 2 is 2.12 bits per heavy atom. The van der Waals surface area contributed by atoms with Crippen LogP contribution >= 0.6 is 11.6 Å². The van der Waals surface area contributed by atoms with Crippen molar-refractivity contribution < 1.29 is 9.53 Å². The van der Waals surface area contributed by atoms with E-state index in [0.717, 1.165) is 11.3 Å². The maximum absolute atomic E-state index is 11.9. The van der Waals surface area contributed by atoms with Gasteiger partial charge in [-0.05, 0) is 26.0 Å². The van der Waals surface area contributed by atoms with E-state index >= 15 is 0 Å². The van der Waals surface area contributed by atoms with E-state index in [2.05, 4.69) is 5.32 Å². The Morgan fingerprint density at radius 1 is 1.44 bits per heavy atom. The zero-order valence-electron chi connectivity index (χ0n) is 9.56. The standard InChI is InChI=1S/C12H14ClNO2/c1-12(2)10(15)6-7-9(16-3)5-4-8(13)11(7)14-12/h4-5,14H,6H2,1-3H3. The fourth-order valence-corrected chi connectivity index (χ4v) is 2.09. The zero-order chi connectivity index (χ0) is 11.9. The lowest BCUT2D eigenvalue weighted by molar-refractivity contribution is -0.122. The zero-order valence-corrected chi connectivity index (χ0v) is 10.3. The summed E-state index contributed by atoms with van der Waals surface area (Å²) in [5, 5.41) is 3.79. The van der Waals surface area contributed by atoms with Crippen molar-refractivity contribution in [2.24, 2.45) is 0 Å². The lowest BCUT2D eigenvalue weighted by Crippen LogP contribution is -2.44. The Labute approximate surface area is 99.7 Å². The van der Waals surface area contributed by atoms with Crippen LogP contribution in [0.2, 0.25) is 5.02 Å². The third kappa shape index (κ3) is 1.65. The minimum absolute atomic E-state index is 0.139. The number of fused-ring (bicyclic) bond motifs is 1. The van der Waals surface area contributed by atoms with Gasteiger partial charge in [-0.3, -0.25) is 4.79 Å². The van der Waals surface area contributed by atoms with Crippen molar-refractivity contribution in [3.63, 3.8) is 0 Å². The van der Waals surface area contributed by atoms with Crippen LogP contribution in [0.1, 0.15) is 19.4 Å². The van der Waals surface area contributed by atoms with Gasteiger partial charge in [-0.25, -0.2) is 0 Å². The molecule has 0 saturated carbocycles. The predicted octanol–water partition coefficient (Wildman–Crippen LogP) is 2.66. The lowest BCUT2D eigenvalue weighted by atomic mass is 9.87. The molecule has 3 nitrogen and oxygen atoms in total. The number of Topliss-reactive ketones (excluding diaryl/α,β-unsaturated/α-hetero) is 1. The molecule has 1 aromatic carbocycles. The van der Waals surface area contributed by atoms with Crippen molar-refractivity contribution >= 4 is 23.1 Å². The van der Waals surface area contributed by atoms with Crippen molar-refractivity contribution in [1.82, 2.24) is 0 Å². The second-order valence-electron chi connectivity index (χ2n) is 4.45. The second-order valence-corrected chi connectivity index (χ2v) is 4.86. The van der Waals surface area contributed by atoms with Gasteiger partial charge in [0.1, 0.15) is 5.75 Å². The smallest absolute Gasteiger partial charge is 0.162 e. The van der Waals surface area contributed by atoms with Crippen molar-refractivity contribution in [2.45, 2.75) is 25.8 Å². The molecular weight excluding hydrogens is 226 g/mol. The van der Waals surface area contributed by atoms with Gasteiger partial charge in [0.05, 0.1) is 23.4 Å². The summed E-state index contributed by atoms with van der Waals surface area (Å²) in [6, 6.07) is 3.56. The number of hydrogen-bond acceptors (Lipinski definition) is 3. The number of hydrogen-bond donors (Lipinski definition) is 1. The van der Waals surface area contributed by atoms with E-state index < -0.39 is 5.54 Å². The minimum Gasteiger partial charge on any atom is -0.496 e. The molecule has 1 heterocycles. The van der Waals surface area contributed by atoms with E-state index in [1.807, 2.05) is 13.8 Å². The molecule has 0 aliphatic carbocycles. The highest BCUT2D eigenvalue weighted by molar-refractivity contribution is 6.33. The molecule has 16 heavy (non-hydrogen) atoms. The summed E-state index contributed by atoms with van der Waals surface area (Å²) in [5.74, 6) is 0.844. The van der Waals surface area contributed by atoms with E-state index in [0.29, 0.717) is 17.2 Å². The highest BCUT2D eigenvalue weighted by Crippen LogP contribution is 2.39. The normalized spacial score (nSPS) is 17.6. The summed E-state index contributed by atoms with van der Waals surface area (Å²) in [7, 11) is 1.59. The maximum Gasteiger partial charge on any atom is 0.162 e. The summed E-state index contributed by atoms with van der Waals surface area (Å²) in [6.07, 6.45) is 0.360. The van der Waals surface area contributed by atoms with Crippen LogP contribution in [0.25, 0.3) is 0 Å². The van der Waals surface area contributed by atoms with Crippen LogP contribution in [-0.2, 0) is 11.2 Å². The first kappa shape index (κ1) is 11.3. The molecule has 2 rings (SSSR count). The quantitative estimate of drug-likeness (QED) is 0.819. The fraction of sp³-hybridized carbons (Fsp3) is 0.417. The van der Waals surface area contributed by atoms with Crippen LogP contribution in [0.15, 0.2) is 12.1 Å². The van der Waals surface area contributed by atoms with Crippen LogP contribution in [0, 0.1) is 0 Å². The molecule has 86 valence electrons. The van der Waals surface area contributed by atoms with Crippen molar-refractivity contribution in [3.8, 4) is 5.75 Å². The molecule has 0 fully saturated rings. The van der Waals surface area contributed by atoms with E-state index in [9.17, 15) is 4.79 Å². The molecule has 4 heteroatoms. The lowest BCUT2D eigenvalue weighted by Gasteiger charge is -2.33. The minimum atomic E-state index is -0.566. The SMILES string of the molecule is COc1ccc(Cl)c2c1CC(=O)C(C)(C)N2. The number of benzene rings is 1. The van der Waals surface area contributed by atoms with Crippen molar-refractivity contribution in [3.05, 3.63) is 22.7 Å². The number of methoxy groups -OCH3 is 1. The first-order chi connectivity index (χ1) is 7.45. The van der Waals surface area contributed by atoms with Gasteiger partial charge in [0.15, 0.2) is 5.78 Å². The maximum atomic E-state index is 11.9. The van der Waals surface area contributed by atoms with Crippen molar-refractivity contribution in [2.75, 3.05) is 12.4 Å². The average Bonchev–Trinajstić information content (AvgIpc) is 2.22. The van der Waals surface area contributed by atoms with Gasteiger partial charge >= 0.3 is 0 Å². The van der Waals surface area contributed by atoms with E-state index in [-0.39, 0.29) is 5.78 Å². The van der Waals surface area contributed by atoms with Crippen LogP contribution in [0.3, 0.4) is 0 Å². The van der Waals surface area contributed by atoms with E-state index in [4.69, 9.17) is 16.3 Å². The molecule has 1 aliphatic rings. The Hall–Kier alpha value is -1.22. The average molecular weight is 240 g/mol. The first-order valence-electron chi connectivity index (χ1n) is 5.12.